The third-order valence-electron chi connectivity index (χ3n) is 4.63. The molecule has 156 valence electrons. The molecule has 0 fully saturated rings. The minimum Gasteiger partial charge on any atom is -0.386 e. The summed E-state index contributed by atoms with van der Waals surface area (Å²) in [5, 5.41) is 22.7. The van der Waals surface area contributed by atoms with Gasteiger partial charge in [0.1, 0.15) is 0 Å². The molecule has 1 aromatic heterocycles. The van der Waals surface area contributed by atoms with Crippen molar-refractivity contribution in [1.82, 2.24) is 4.72 Å². The summed E-state index contributed by atoms with van der Waals surface area (Å²) in [4.78, 5) is 13.7. The van der Waals surface area contributed by atoms with E-state index in [-0.39, 0.29) is 17.9 Å². The van der Waals surface area contributed by atoms with Crippen LogP contribution < -0.4 is 10.0 Å². The number of nitriles is 1. The molecule has 0 saturated carbocycles. The Morgan fingerprint density at radius 3 is 2.38 bits per heavy atom. The van der Waals surface area contributed by atoms with Gasteiger partial charge in [0, 0.05) is 4.88 Å². The van der Waals surface area contributed by atoms with Gasteiger partial charge in [0.15, 0.2) is 0 Å². The Hall–Kier alpha value is -2.01. The van der Waals surface area contributed by atoms with Crippen LogP contribution in [0.2, 0.25) is 0 Å². The zero-order valence-corrected chi connectivity index (χ0v) is 19.6. The van der Waals surface area contributed by atoms with Crippen molar-refractivity contribution in [2.75, 3.05) is 5.32 Å². The molecule has 0 atom stereocenters. The van der Waals surface area contributed by atoms with Gasteiger partial charge in [0.2, 0.25) is 0 Å². The number of carbonyl (C=O) groups is 1. The Morgan fingerprint density at radius 2 is 1.90 bits per heavy atom. The monoisotopic (exact) mass is 431 g/mol. The standard InChI is InChI=1S/C22H29N3O2S2/c1-12(2)16-9-8-15(11-23)19(13(3)4)20(16)24-21(26)25-29-18-10-17(14(5)28-18)22(6,7)27/h8-10,12-13,27H,1-7H3,(H2,24,25,26). The first-order valence-corrected chi connectivity index (χ1v) is 11.2. The van der Waals surface area contributed by atoms with Crippen LogP contribution in [-0.4, -0.2) is 11.1 Å². The van der Waals surface area contributed by atoms with E-state index in [9.17, 15) is 15.2 Å². The number of nitrogens with one attached hydrogen (secondary N) is 2. The summed E-state index contributed by atoms with van der Waals surface area (Å²) in [5.41, 5.74) is 3.10. The maximum atomic E-state index is 12.7. The van der Waals surface area contributed by atoms with Crippen molar-refractivity contribution in [3.8, 4) is 6.07 Å². The molecule has 1 heterocycles. The van der Waals surface area contributed by atoms with E-state index in [2.05, 4.69) is 30.0 Å². The number of benzene rings is 1. The summed E-state index contributed by atoms with van der Waals surface area (Å²) in [6, 6.07) is 7.54. The second-order valence-corrected chi connectivity index (χ2v) is 10.5. The van der Waals surface area contributed by atoms with Crippen LogP contribution in [-0.2, 0) is 5.60 Å². The number of aryl methyl sites for hydroxylation is 1. The number of hydrogen-bond acceptors (Lipinski definition) is 5. The highest BCUT2D eigenvalue weighted by Crippen LogP contribution is 2.36. The number of nitrogens with zero attached hydrogens (tertiary/aromatic N) is 1. The van der Waals surface area contributed by atoms with Crippen LogP contribution in [0.3, 0.4) is 0 Å². The van der Waals surface area contributed by atoms with Crippen molar-refractivity contribution >= 4 is 35.0 Å². The molecule has 3 N–H and O–H groups in total. The average molecular weight is 432 g/mol. The highest BCUT2D eigenvalue weighted by molar-refractivity contribution is 7.99. The highest BCUT2D eigenvalue weighted by atomic mass is 32.2. The Bertz CT molecular complexity index is 935. The summed E-state index contributed by atoms with van der Waals surface area (Å²) in [6.45, 7) is 13.6. The van der Waals surface area contributed by atoms with E-state index in [1.165, 1.54) is 23.3 Å². The molecule has 29 heavy (non-hydrogen) atoms. The lowest BCUT2D eigenvalue weighted by atomic mass is 9.89. The van der Waals surface area contributed by atoms with Gasteiger partial charge in [-0.2, -0.15) is 5.26 Å². The highest BCUT2D eigenvalue weighted by Gasteiger charge is 2.22. The van der Waals surface area contributed by atoms with Gasteiger partial charge in [-0.15, -0.1) is 11.3 Å². The fraction of sp³-hybridized carbons (Fsp3) is 0.455. The van der Waals surface area contributed by atoms with E-state index in [1.54, 1.807) is 13.8 Å². The van der Waals surface area contributed by atoms with Crippen LogP contribution in [0.15, 0.2) is 22.4 Å². The topological polar surface area (TPSA) is 85.2 Å². The molecule has 1 aromatic carbocycles. The van der Waals surface area contributed by atoms with Crippen molar-refractivity contribution in [3.63, 3.8) is 0 Å². The van der Waals surface area contributed by atoms with Crippen LogP contribution in [0.25, 0.3) is 0 Å². The number of urea groups is 1. The smallest absolute Gasteiger partial charge is 0.329 e. The first kappa shape index (κ1) is 23.3. The van der Waals surface area contributed by atoms with Gasteiger partial charge in [0.05, 0.1) is 27.1 Å². The van der Waals surface area contributed by atoms with Gasteiger partial charge in [-0.1, -0.05) is 33.8 Å². The lowest BCUT2D eigenvalue weighted by Crippen LogP contribution is -2.24. The number of hydrogen-bond donors (Lipinski definition) is 3. The second-order valence-electron chi connectivity index (χ2n) is 8.16. The summed E-state index contributed by atoms with van der Waals surface area (Å²) in [6.07, 6.45) is 0. The van der Waals surface area contributed by atoms with E-state index < -0.39 is 5.60 Å². The maximum absolute atomic E-state index is 12.7. The van der Waals surface area contributed by atoms with Gasteiger partial charge < -0.3 is 10.4 Å². The molecule has 0 aliphatic heterocycles. The number of anilines is 1. The zero-order valence-electron chi connectivity index (χ0n) is 18.0. The molecular formula is C22H29N3O2S2. The molecule has 2 amide bonds. The Labute approximate surface area is 181 Å². The SMILES string of the molecule is Cc1sc(SNC(=O)Nc2c(C(C)C)ccc(C#N)c2C(C)C)cc1C(C)(C)O. The molecule has 0 radical (unpaired) electrons. The number of carbonyl (C=O) groups excluding carboxylic acids is 1. The normalized spacial score (nSPS) is 11.6. The molecular weight excluding hydrogens is 402 g/mol. The molecule has 0 spiro atoms. The zero-order chi connectivity index (χ0) is 21.9. The molecule has 0 aliphatic rings. The van der Waals surface area contributed by atoms with Crippen molar-refractivity contribution in [2.24, 2.45) is 0 Å². The van der Waals surface area contributed by atoms with E-state index in [1.807, 2.05) is 39.0 Å². The fourth-order valence-corrected chi connectivity index (χ4v) is 5.29. The number of amides is 2. The summed E-state index contributed by atoms with van der Waals surface area (Å²) < 4.78 is 3.72. The van der Waals surface area contributed by atoms with Gasteiger partial charge in [0.25, 0.3) is 0 Å². The predicted molar refractivity (Wildman–Crippen MR) is 122 cm³/mol. The predicted octanol–water partition coefficient (Wildman–Crippen LogP) is 6.23. The van der Waals surface area contributed by atoms with Crippen LogP contribution in [0.5, 0.6) is 0 Å². The Morgan fingerprint density at radius 1 is 1.24 bits per heavy atom. The van der Waals surface area contributed by atoms with Crippen LogP contribution in [0, 0.1) is 18.3 Å². The second kappa shape index (κ2) is 9.21. The molecule has 0 unspecified atom stereocenters. The molecule has 0 saturated heterocycles. The molecule has 0 bridgehead atoms. The fourth-order valence-electron chi connectivity index (χ4n) is 3.30. The van der Waals surface area contributed by atoms with Crippen molar-refractivity contribution in [1.29, 1.82) is 5.26 Å². The van der Waals surface area contributed by atoms with Crippen molar-refractivity contribution < 1.29 is 9.90 Å². The maximum Gasteiger partial charge on any atom is 0.329 e. The summed E-state index contributed by atoms with van der Waals surface area (Å²) in [5.74, 6) is 0.304. The Kier molecular flexibility index (Phi) is 7.39. The van der Waals surface area contributed by atoms with Crippen molar-refractivity contribution in [2.45, 2.75) is 70.1 Å². The first-order valence-electron chi connectivity index (χ1n) is 9.59. The number of aliphatic hydroxyl groups is 1. The van der Waals surface area contributed by atoms with Crippen LogP contribution >= 0.6 is 23.3 Å². The Balaban J connectivity index is 2.24. The minimum absolute atomic E-state index is 0.0978. The summed E-state index contributed by atoms with van der Waals surface area (Å²) >= 11 is 2.75. The quantitative estimate of drug-likeness (QED) is 0.473. The summed E-state index contributed by atoms with van der Waals surface area (Å²) in [7, 11) is 0. The number of thiophene rings is 1. The van der Waals surface area contributed by atoms with E-state index >= 15 is 0 Å². The number of rotatable bonds is 6. The third-order valence-corrected chi connectivity index (χ3v) is 6.59. The molecule has 2 rings (SSSR count). The lowest BCUT2D eigenvalue weighted by Gasteiger charge is -2.21. The molecule has 5 nitrogen and oxygen atoms in total. The van der Waals surface area contributed by atoms with Gasteiger partial charge >= 0.3 is 6.03 Å². The molecule has 0 aliphatic carbocycles. The van der Waals surface area contributed by atoms with Gasteiger partial charge in [-0.3, -0.25) is 4.72 Å². The first-order chi connectivity index (χ1) is 13.5. The third kappa shape index (κ3) is 5.53. The van der Waals surface area contributed by atoms with Crippen molar-refractivity contribution in [3.05, 3.63) is 45.3 Å². The molecule has 2 aromatic rings. The van der Waals surface area contributed by atoms with Crippen LogP contribution in [0.1, 0.15) is 80.5 Å². The van der Waals surface area contributed by atoms with E-state index in [0.29, 0.717) is 11.3 Å². The average Bonchev–Trinajstić information content (AvgIpc) is 3.00. The van der Waals surface area contributed by atoms with Crippen LogP contribution in [0.4, 0.5) is 10.5 Å². The van der Waals surface area contributed by atoms with Gasteiger partial charge in [-0.25, -0.2) is 4.79 Å². The largest absolute Gasteiger partial charge is 0.386 e. The van der Waals surface area contributed by atoms with E-state index in [4.69, 9.17) is 0 Å². The lowest BCUT2D eigenvalue weighted by molar-refractivity contribution is 0.0783. The minimum atomic E-state index is -0.919. The van der Waals surface area contributed by atoms with E-state index in [0.717, 1.165) is 25.8 Å². The molecule has 7 heteroatoms. The van der Waals surface area contributed by atoms with Gasteiger partial charge in [-0.05, 0) is 73.4 Å².